The fourth-order valence-electron chi connectivity index (χ4n) is 9.34. The van der Waals surface area contributed by atoms with Crippen molar-refractivity contribution in [1.82, 2.24) is 24.8 Å². The average Bonchev–Trinajstić information content (AvgIpc) is 4.22. The van der Waals surface area contributed by atoms with Gasteiger partial charge >= 0.3 is 6.09 Å². The minimum Gasteiger partial charge on any atom is -0.497 e. The fraction of sp³-hybridized carbons (Fsp3) is 0.571. The number of amides is 4. The van der Waals surface area contributed by atoms with Crippen molar-refractivity contribution in [2.45, 2.75) is 140 Å². The van der Waals surface area contributed by atoms with Crippen molar-refractivity contribution >= 4 is 44.6 Å². The van der Waals surface area contributed by atoms with Gasteiger partial charge in [0, 0.05) is 30.3 Å². The zero-order valence-corrected chi connectivity index (χ0v) is 39.8. The molecule has 0 bridgehead atoms. The summed E-state index contributed by atoms with van der Waals surface area (Å²) < 4.78 is 67.1. The van der Waals surface area contributed by atoms with Gasteiger partial charge in [0.15, 0.2) is 11.6 Å². The second-order valence-corrected chi connectivity index (χ2v) is 22.2. The number of likely N-dealkylation sites (N-methyl/N-ethyl adjacent to an activating group) is 1. The standard InChI is InChI=1S/C49H62FN5O10S/c1-28(2)63-40-16-13-31(23-37(40)50)38-24-32-22-34(62-8)14-15-36(32)43(51-38)64-35-25-39-42(56)52-49(45(58)53-66(60,61)48(6)19-20-48)26-33(49)12-10-9-11-29(3)21-30(4)41(44(57)55(39)27-35)54(7)46(59)65-47(5)17-18-47/h10,12-16,22-24,28-30,33,35,39,41H,9,11,17-21,25-27H2,1-8H3,(H,52,56)(H,53,58)/b12-10-/t29-,30-,33-,35-,39+,41+,49-/m1/s1. The zero-order chi connectivity index (χ0) is 47.5. The lowest BCUT2D eigenvalue weighted by Crippen LogP contribution is -2.59. The van der Waals surface area contributed by atoms with Crippen molar-refractivity contribution in [3.8, 4) is 28.6 Å². The molecule has 2 aliphatic heterocycles. The summed E-state index contributed by atoms with van der Waals surface area (Å²) in [5, 5.41) is 4.19. The minimum absolute atomic E-state index is 0.0463. The van der Waals surface area contributed by atoms with Crippen molar-refractivity contribution in [3.05, 3.63) is 60.4 Å². The Morgan fingerprint density at radius 1 is 1.03 bits per heavy atom. The Bertz CT molecular complexity index is 2560. The molecule has 15 nitrogen and oxygen atoms in total. The van der Waals surface area contributed by atoms with E-state index in [0.29, 0.717) is 66.3 Å². The largest absolute Gasteiger partial charge is 0.497 e. The first-order chi connectivity index (χ1) is 31.1. The van der Waals surface area contributed by atoms with Crippen molar-refractivity contribution < 1.29 is 50.9 Å². The van der Waals surface area contributed by atoms with Crippen LogP contribution in [0.3, 0.4) is 0 Å². The molecule has 0 radical (unpaired) electrons. The first-order valence-corrected chi connectivity index (χ1v) is 24.6. The molecule has 3 aromatic rings. The molecule has 7 atom stereocenters. The number of nitrogens with one attached hydrogen (secondary N) is 2. The van der Waals surface area contributed by atoms with E-state index in [-0.39, 0.29) is 49.0 Å². The third-order valence-electron chi connectivity index (χ3n) is 14.1. The summed E-state index contributed by atoms with van der Waals surface area (Å²) >= 11 is 0. The molecular formula is C49H62FN5O10S. The number of rotatable bonds is 11. The van der Waals surface area contributed by atoms with Gasteiger partial charge in [-0.05, 0) is 139 Å². The molecular weight excluding hydrogens is 870 g/mol. The molecule has 8 rings (SSSR count). The summed E-state index contributed by atoms with van der Waals surface area (Å²) in [6, 6.07) is 9.44. The van der Waals surface area contributed by atoms with Crippen molar-refractivity contribution in [2.75, 3.05) is 20.7 Å². The number of nitrogens with zero attached hydrogens (tertiary/aromatic N) is 3. The number of benzene rings is 2. The first kappa shape index (κ1) is 47.1. The number of ether oxygens (including phenoxy) is 4. The lowest BCUT2D eigenvalue weighted by Gasteiger charge is -2.37. The zero-order valence-electron chi connectivity index (χ0n) is 39.0. The molecule has 1 saturated heterocycles. The highest BCUT2D eigenvalue weighted by Gasteiger charge is 2.63. The predicted molar refractivity (Wildman–Crippen MR) is 245 cm³/mol. The number of pyridine rings is 1. The quantitative estimate of drug-likeness (QED) is 0.188. The molecule has 66 heavy (non-hydrogen) atoms. The SMILES string of the molecule is COc1ccc2c(O[C@@H]3C[C@H]4C(=O)N[C@]5(C(=O)NS(=O)(=O)C6(C)CC6)C[C@H]5/C=C\CC[C@@H](C)C[C@@H](C)[C@H](N(C)C(=O)OC5(C)CC5)C(=O)N4C3)nc(-c3ccc(OC(C)C)c(F)c3)cc2c1. The average molecular weight is 932 g/mol. The number of carbonyl (C=O) groups excluding carboxylic acids is 4. The number of hydrogen-bond acceptors (Lipinski definition) is 11. The highest BCUT2D eigenvalue weighted by atomic mass is 32.2. The van der Waals surface area contributed by atoms with E-state index < -0.39 is 79.6 Å². The predicted octanol–water partition coefficient (Wildman–Crippen LogP) is 7.06. The van der Waals surface area contributed by atoms with E-state index in [0.717, 1.165) is 6.42 Å². The number of halogens is 1. The van der Waals surface area contributed by atoms with E-state index in [1.54, 1.807) is 57.5 Å². The van der Waals surface area contributed by atoms with Crippen LogP contribution in [0.5, 0.6) is 17.4 Å². The van der Waals surface area contributed by atoms with E-state index in [9.17, 15) is 22.8 Å². The summed E-state index contributed by atoms with van der Waals surface area (Å²) in [4.78, 5) is 65.8. The van der Waals surface area contributed by atoms with E-state index >= 15 is 9.18 Å². The molecule has 5 aliphatic rings. The van der Waals surface area contributed by atoms with Crippen molar-refractivity contribution in [2.24, 2.45) is 17.8 Å². The number of allylic oxidation sites excluding steroid dienone is 1. The summed E-state index contributed by atoms with van der Waals surface area (Å²) in [5.41, 5.74) is -1.38. The molecule has 356 valence electrons. The maximum Gasteiger partial charge on any atom is 0.410 e. The van der Waals surface area contributed by atoms with E-state index in [1.807, 2.05) is 39.8 Å². The third kappa shape index (κ3) is 9.54. The van der Waals surface area contributed by atoms with Gasteiger partial charge in [0.2, 0.25) is 27.7 Å². The Kier molecular flexibility index (Phi) is 12.6. The number of fused-ring (bicyclic) bond motifs is 3. The van der Waals surface area contributed by atoms with Gasteiger partial charge in [0.25, 0.3) is 5.91 Å². The highest BCUT2D eigenvalue weighted by Crippen LogP contribution is 2.48. The van der Waals surface area contributed by atoms with E-state index in [1.165, 1.54) is 15.9 Å². The summed E-state index contributed by atoms with van der Waals surface area (Å²) in [6.45, 7) is 10.9. The van der Waals surface area contributed by atoms with Crippen molar-refractivity contribution in [1.29, 1.82) is 0 Å². The van der Waals surface area contributed by atoms with Crippen LogP contribution < -0.4 is 24.2 Å². The molecule has 3 heterocycles. The number of hydrogen-bond donors (Lipinski definition) is 2. The highest BCUT2D eigenvalue weighted by molar-refractivity contribution is 7.91. The van der Waals surface area contributed by atoms with Gasteiger partial charge in [-0.15, -0.1) is 0 Å². The van der Waals surface area contributed by atoms with Gasteiger partial charge in [0.1, 0.15) is 35.1 Å². The number of carbonyl (C=O) groups is 4. The second-order valence-electron chi connectivity index (χ2n) is 20.0. The van der Waals surface area contributed by atoms with Crippen LogP contribution in [0, 0.1) is 23.6 Å². The van der Waals surface area contributed by atoms with Gasteiger partial charge in [-0.25, -0.2) is 22.6 Å². The Morgan fingerprint density at radius 2 is 1.77 bits per heavy atom. The van der Waals surface area contributed by atoms with Crippen LogP contribution in [-0.4, -0.2) is 108 Å². The van der Waals surface area contributed by atoms with Crippen LogP contribution in [0.25, 0.3) is 22.0 Å². The third-order valence-corrected chi connectivity index (χ3v) is 16.2. The normalized spacial score (nSPS) is 28.4. The summed E-state index contributed by atoms with van der Waals surface area (Å²) in [7, 11) is -0.964. The van der Waals surface area contributed by atoms with Crippen molar-refractivity contribution in [3.63, 3.8) is 0 Å². The maximum absolute atomic E-state index is 15.4. The molecule has 2 N–H and O–H groups in total. The number of aromatic nitrogens is 1. The topological polar surface area (TPSA) is 183 Å². The number of sulfonamides is 1. The molecule has 0 unspecified atom stereocenters. The molecule has 1 aromatic heterocycles. The van der Waals surface area contributed by atoms with Crippen LogP contribution in [0.15, 0.2) is 54.6 Å². The monoisotopic (exact) mass is 931 g/mol. The molecule has 2 aromatic carbocycles. The van der Waals surface area contributed by atoms with Crippen LogP contribution in [-0.2, 0) is 29.1 Å². The molecule has 4 fully saturated rings. The summed E-state index contributed by atoms with van der Waals surface area (Å²) in [5.74, 6) is -2.50. The van der Waals surface area contributed by atoms with Crippen LogP contribution in [0.2, 0.25) is 0 Å². The van der Waals surface area contributed by atoms with Crippen LogP contribution >= 0.6 is 0 Å². The van der Waals surface area contributed by atoms with E-state index in [4.69, 9.17) is 23.9 Å². The van der Waals surface area contributed by atoms with Gasteiger partial charge in [-0.3, -0.25) is 24.0 Å². The fourth-order valence-corrected chi connectivity index (χ4v) is 10.6. The molecule has 0 spiro atoms. The van der Waals surface area contributed by atoms with E-state index in [2.05, 4.69) is 17.0 Å². The number of methoxy groups -OCH3 is 1. The van der Waals surface area contributed by atoms with Gasteiger partial charge in [-0.1, -0.05) is 26.0 Å². The summed E-state index contributed by atoms with van der Waals surface area (Å²) in [6.07, 6.45) is 6.42. The molecule has 17 heteroatoms. The Labute approximate surface area is 386 Å². The Balaban J connectivity index is 1.17. The first-order valence-electron chi connectivity index (χ1n) is 23.1. The Morgan fingerprint density at radius 3 is 2.44 bits per heavy atom. The van der Waals surface area contributed by atoms with Crippen LogP contribution in [0.1, 0.15) is 99.3 Å². The second kappa shape index (κ2) is 17.6. The van der Waals surface area contributed by atoms with Gasteiger partial charge in [-0.2, -0.15) is 0 Å². The molecule has 3 aliphatic carbocycles. The smallest absolute Gasteiger partial charge is 0.410 e. The Hall–Kier alpha value is -5.45. The maximum atomic E-state index is 15.4. The van der Waals surface area contributed by atoms with Gasteiger partial charge in [0.05, 0.1) is 30.2 Å². The van der Waals surface area contributed by atoms with Crippen LogP contribution in [0.4, 0.5) is 9.18 Å². The minimum atomic E-state index is -4.05. The lowest BCUT2D eigenvalue weighted by atomic mass is 9.87. The molecule has 3 saturated carbocycles. The lowest BCUT2D eigenvalue weighted by molar-refractivity contribution is -0.144. The van der Waals surface area contributed by atoms with Gasteiger partial charge < -0.3 is 29.2 Å². The molecule has 4 amide bonds.